The summed E-state index contributed by atoms with van der Waals surface area (Å²) in [5.41, 5.74) is 1.33. The Kier molecular flexibility index (Phi) is 11.6. The topological polar surface area (TPSA) is 38.8 Å². The summed E-state index contributed by atoms with van der Waals surface area (Å²) < 4.78 is 11.1. The van der Waals surface area contributed by atoms with Crippen LogP contribution in [0.15, 0.2) is 24.3 Å². The Hall–Kier alpha value is -1.35. The first-order valence-corrected chi connectivity index (χ1v) is 12.9. The van der Waals surface area contributed by atoms with E-state index in [1.165, 1.54) is 82.6 Å². The number of epoxide rings is 1. The summed E-state index contributed by atoms with van der Waals surface area (Å²) in [5.74, 6) is 0.358. The predicted molar refractivity (Wildman–Crippen MR) is 130 cm³/mol. The van der Waals surface area contributed by atoms with Crippen LogP contribution < -0.4 is 4.74 Å². The Balaban J connectivity index is 1.44. The fourth-order valence-electron chi connectivity index (χ4n) is 4.13. The van der Waals surface area contributed by atoms with Gasteiger partial charge in [0.1, 0.15) is 5.75 Å². The first-order chi connectivity index (χ1) is 14.9. The van der Waals surface area contributed by atoms with Crippen LogP contribution in [0.25, 0.3) is 0 Å². The molecule has 176 valence electrons. The van der Waals surface area contributed by atoms with Crippen LogP contribution in [0.1, 0.15) is 123 Å². The molecule has 1 aromatic carbocycles. The van der Waals surface area contributed by atoms with Crippen molar-refractivity contribution in [3.05, 3.63) is 29.8 Å². The molecule has 0 amide bonds. The Morgan fingerprint density at radius 2 is 1.29 bits per heavy atom. The van der Waals surface area contributed by atoms with Crippen LogP contribution in [-0.4, -0.2) is 18.2 Å². The van der Waals surface area contributed by atoms with Crippen LogP contribution in [0.2, 0.25) is 0 Å². The van der Waals surface area contributed by atoms with E-state index in [0.717, 1.165) is 12.8 Å². The highest BCUT2D eigenvalue weighted by Crippen LogP contribution is 2.30. The van der Waals surface area contributed by atoms with Gasteiger partial charge in [-0.3, -0.25) is 0 Å². The lowest BCUT2D eigenvalue weighted by atomic mass is 9.87. The molecule has 1 aromatic rings. The number of unbranched alkanes of at least 4 members (excludes halogenated alkanes) is 12. The smallest absolute Gasteiger partial charge is 0.343 e. The molecule has 0 N–H and O–H groups in total. The van der Waals surface area contributed by atoms with Crippen LogP contribution in [-0.2, 0) is 14.9 Å². The van der Waals surface area contributed by atoms with E-state index in [1.807, 2.05) is 24.3 Å². The van der Waals surface area contributed by atoms with Gasteiger partial charge in [-0.2, -0.15) is 0 Å². The SMILES string of the molecule is CCCCCCCCCCCCCCCC1OC1C(=O)Oc1ccc(C(C)(C)C)cc1. The largest absolute Gasteiger partial charge is 0.425 e. The average molecular weight is 431 g/mol. The fraction of sp³-hybridized carbons (Fsp3) is 0.750. The van der Waals surface area contributed by atoms with Gasteiger partial charge in [-0.1, -0.05) is 123 Å². The van der Waals surface area contributed by atoms with Gasteiger partial charge >= 0.3 is 5.97 Å². The molecule has 0 radical (unpaired) electrons. The third-order valence-electron chi connectivity index (χ3n) is 6.35. The number of benzene rings is 1. The van der Waals surface area contributed by atoms with E-state index in [0.29, 0.717) is 5.75 Å². The molecule has 2 rings (SSSR count). The molecule has 1 fully saturated rings. The summed E-state index contributed by atoms with van der Waals surface area (Å²) in [5, 5.41) is 0. The summed E-state index contributed by atoms with van der Waals surface area (Å²) in [6.45, 7) is 8.80. The first kappa shape index (κ1) is 25.9. The molecule has 1 heterocycles. The number of rotatable bonds is 16. The fourth-order valence-corrected chi connectivity index (χ4v) is 4.13. The lowest BCUT2D eigenvalue weighted by Gasteiger charge is -2.18. The Bertz CT molecular complexity index is 614. The minimum Gasteiger partial charge on any atom is -0.425 e. The summed E-state index contributed by atoms with van der Waals surface area (Å²) >= 11 is 0. The van der Waals surface area contributed by atoms with E-state index in [1.54, 1.807) is 0 Å². The zero-order valence-electron chi connectivity index (χ0n) is 20.6. The van der Waals surface area contributed by atoms with Crippen LogP contribution in [0, 0.1) is 0 Å². The summed E-state index contributed by atoms with van der Waals surface area (Å²) in [6.07, 6.45) is 18.3. The van der Waals surface area contributed by atoms with Crippen molar-refractivity contribution in [3.8, 4) is 5.75 Å². The molecule has 31 heavy (non-hydrogen) atoms. The Labute approximate surface area is 191 Å². The van der Waals surface area contributed by atoms with E-state index in [4.69, 9.17) is 9.47 Å². The van der Waals surface area contributed by atoms with Gasteiger partial charge in [0.15, 0.2) is 6.10 Å². The van der Waals surface area contributed by atoms with Gasteiger partial charge in [-0.25, -0.2) is 4.79 Å². The summed E-state index contributed by atoms with van der Waals surface area (Å²) in [7, 11) is 0. The van der Waals surface area contributed by atoms with Crippen molar-refractivity contribution >= 4 is 5.97 Å². The molecule has 0 aliphatic carbocycles. The molecule has 1 aliphatic heterocycles. The van der Waals surface area contributed by atoms with Gasteiger partial charge < -0.3 is 9.47 Å². The van der Waals surface area contributed by atoms with E-state index >= 15 is 0 Å². The molecule has 2 unspecified atom stereocenters. The highest BCUT2D eigenvalue weighted by atomic mass is 16.6. The van der Waals surface area contributed by atoms with Crippen LogP contribution >= 0.6 is 0 Å². The number of carbonyl (C=O) groups excluding carboxylic acids is 1. The summed E-state index contributed by atoms with van der Waals surface area (Å²) in [4.78, 5) is 12.3. The van der Waals surface area contributed by atoms with Crippen molar-refractivity contribution in [2.75, 3.05) is 0 Å². The van der Waals surface area contributed by atoms with E-state index in [-0.39, 0.29) is 23.6 Å². The summed E-state index contributed by atoms with van der Waals surface area (Å²) in [6, 6.07) is 7.81. The second-order valence-electron chi connectivity index (χ2n) is 10.3. The van der Waals surface area contributed by atoms with Gasteiger partial charge in [0.2, 0.25) is 0 Å². The molecule has 0 aromatic heterocycles. The second-order valence-corrected chi connectivity index (χ2v) is 10.3. The van der Waals surface area contributed by atoms with Crippen molar-refractivity contribution in [2.45, 2.75) is 135 Å². The average Bonchev–Trinajstić information content (AvgIpc) is 3.51. The number of hydrogen-bond acceptors (Lipinski definition) is 3. The third-order valence-corrected chi connectivity index (χ3v) is 6.35. The normalized spacial score (nSPS) is 18.2. The second kappa shape index (κ2) is 13.9. The molecule has 1 aliphatic rings. The van der Waals surface area contributed by atoms with Crippen LogP contribution in [0.3, 0.4) is 0 Å². The lowest BCUT2D eigenvalue weighted by molar-refractivity contribution is -0.135. The highest BCUT2D eigenvalue weighted by Gasteiger charge is 2.45. The number of hydrogen-bond donors (Lipinski definition) is 0. The zero-order valence-corrected chi connectivity index (χ0v) is 20.6. The Morgan fingerprint density at radius 3 is 1.77 bits per heavy atom. The Morgan fingerprint density at radius 1 is 0.806 bits per heavy atom. The van der Waals surface area contributed by atoms with E-state index in [9.17, 15) is 4.79 Å². The maximum atomic E-state index is 12.3. The molecule has 0 spiro atoms. The minimum absolute atomic E-state index is 0.0639. The van der Waals surface area contributed by atoms with Gasteiger partial charge in [0.05, 0.1) is 6.10 Å². The van der Waals surface area contributed by atoms with Gasteiger partial charge in [-0.15, -0.1) is 0 Å². The van der Waals surface area contributed by atoms with Crippen molar-refractivity contribution in [3.63, 3.8) is 0 Å². The van der Waals surface area contributed by atoms with E-state index < -0.39 is 0 Å². The van der Waals surface area contributed by atoms with Crippen molar-refractivity contribution in [1.82, 2.24) is 0 Å². The van der Waals surface area contributed by atoms with Crippen LogP contribution in [0.4, 0.5) is 0 Å². The molecule has 0 saturated carbocycles. The quantitative estimate of drug-likeness (QED) is 0.115. The molecule has 2 atom stereocenters. The molecular formula is C28H46O3. The monoisotopic (exact) mass is 430 g/mol. The van der Waals surface area contributed by atoms with Gasteiger partial charge in [0, 0.05) is 0 Å². The number of carbonyl (C=O) groups is 1. The molecular weight excluding hydrogens is 384 g/mol. The zero-order chi connectivity index (χ0) is 22.5. The first-order valence-electron chi connectivity index (χ1n) is 12.9. The van der Waals surface area contributed by atoms with Crippen molar-refractivity contribution < 1.29 is 14.3 Å². The maximum Gasteiger partial charge on any atom is 0.343 e. The molecule has 0 bridgehead atoms. The molecule has 3 nitrogen and oxygen atoms in total. The predicted octanol–water partition coefficient (Wildman–Crippen LogP) is 8.14. The highest BCUT2D eigenvalue weighted by molar-refractivity contribution is 5.80. The van der Waals surface area contributed by atoms with Crippen molar-refractivity contribution in [1.29, 1.82) is 0 Å². The number of ether oxygens (including phenoxy) is 2. The lowest BCUT2D eigenvalue weighted by Crippen LogP contribution is -2.17. The molecule has 1 saturated heterocycles. The maximum absolute atomic E-state index is 12.3. The van der Waals surface area contributed by atoms with E-state index in [2.05, 4.69) is 27.7 Å². The minimum atomic E-state index is -0.361. The van der Waals surface area contributed by atoms with Gasteiger partial charge in [0.25, 0.3) is 0 Å². The molecule has 3 heteroatoms. The van der Waals surface area contributed by atoms with Crippen LogP contribution in [0.5, 0.6) is 5.75 Å². The third kappa shape index (κ3) is 10.7. The van der Waals surface area contributed by atoms with Crippen molar-refractivity contribution in [2.24, 2.45) is 0 Å². The van der Waals surface area contributed by atoms with Gasteiger partial charge in [-0.05, 0) is 29.5 Å². The number of esters is 1. The standard InChI is InChI=1S/C28H46O3/c1-5-6-7-8-9-10-11-12-13-14-15-16-17-18-25-26(31-25)27(29)30-24-21-19-23(20-22-24)28(2,3)4/h19-22,25-26H,5-18H2,1-4H3.